The van der Waals surface area contributed by atoms with Crippen LogP contribution in [0.2, 0.25) is 0 Å². The van der Waals surface area contributed by atoms with Crippen LogP contribution in [0.3, 0.4) is 0 Å². The second kappa shape index (κ2) is 8.44. The van der Waals surface area contributed by atoms with Gasteiger partial charge in [-0.2, -0.15) is 0 Å². The van der Waals surface area contributed by atoms with Gasteiger partial charge in [-0.3, -0.25) is 9.59 Å². The third-order valence-electron chi connectivity index (χ3n) is 6.72. The fourth-order valence-corrected chi connectivity index (χ4v) is 5.06. The van der Waals surface area contributed by atoms with Gasteiger partial charge in [-0.25, -0.2) is 0 Å². The van der Waals surface area contributed by atoms with Crippen LogP contribution in [0.15, 0.2) is 48.5 Å². The maximum atomic E-state index is 13.8. The summed E-state index contributed by atoms with van der Waals surface area (Å²) in [4.78, 5) is 33.1. The fraction of sp³-hybridized carbons (Fsp3) is 0.440. The summed E-state index contributed by atoms with van der Waals surface area (Å²) in [6.45, 7) is 4.18. The molecule has 0 aromatic heterocycles. The second-order valence-electron chi connectivity index (χ2n) is 8.85. The van der Waals surface area contributed by atoms with Crippen molar-refractivity contribution < 1.29 is 14.3 Å². The number of nitrogens with zero attached hydrogens (tertiary/aromatic N) is 3. The predicted octanol–water partition coefficient (Wildman–Crippen LogP) is 2.95. The van der Waals surface area contributed by atoms with E-state index in [1.165, 1.54) is 0 Å². The van der Waals surface area contributed by atoms with Crippen LogP contribution in [0.4, 0.5) is 0 Å². The van der Waals surface area contributed by atoms with Crippen molar-refractivity contribution >= 4 is 11.8 Å². The Morgan fingerprint density at radius 1 is 1.10 bits per heavy atom. The summed E-state index contributed by atoms with van der Waals surface area (Å²) in [5, 5.41) is 0. The van der Waals surface area contributed by atoms with Gasteiger partial charge in [-0.1, -0.05) is 42.5 Å². The molecule has 2 fully saturated rings. The molecule has 31 heavy (non-hydrogen) atoms. The summed E-state index contributed by atoms with van der Waals surface area (Å²) in [7, 11) is 2.09. The number of carbonyl (C=O) groups excluding carboxylic acids is 2. The molecular formula is C25H29N3O3. The number of carbonyl (C=O) groups is 2. The van der Waals surface area contributed by atoms with Gasteiger partial charge >= 0.3 is 0 Å². The van der Waals surface area contributed by atoms with E-state index in [4.69, 9.17) is 4.74 Å². The summed E-state index contributed by atoms with van der Waals surface area (Å²) in [6, 6.07) is 15.8. The average molecular weight is 420 g/mol. The highest BCUT2D eigenvalue weighted by Gasteiger charge is 2.37. The number of hydrogen-bond acceptors (Lipinski definition) is 4. The van der Waals surface area contributed by atoms with Gasteiger partial charge < -0.3 is 19.4 Å². The molecule has 0 saturated carbocycles. The number of amides is 2. The van der Waals surface area contributed by atoms with Crippen molar-refractivity contribution in [3.05, 3.63) is 70.8 Å². The standard InChI is InChI=1S/C25H29N3O3/c1-26-12-13-28(22(17-26)18-7-3-2-4-8-18)24(29)21-11-5-9-19-15-27(25(30)23(19)21)16-20-10-6-14-31-20/h2-5,7-9,11,20,22H,6,10,12-17H2,1H3/t20-,22+/m1/s1. The van der Waals surface area contributed by atoms with Crippen molar-refractivity contribution in [3.8, 4) is 0 Å². The molecule has 3 aliphatic rings. The van der Waals surface area contributed by atoms with E-state index in [1.807, 2.05) is 46.2 Å². The Kier molecular flexibility index (Phi) is 5.50. The number of rotatable bonds is 4. The Bertz CT molecular complexity index is 971. The predicted molar refractivity (Wildman–Crippen MR) is 118 cm³/mol. The van der Waals surface area contributed by atoms with Gasteiger partial charge in [-0.15, -0.1) is 0 Å². The van der Waals surface area contributed by atoms with E-state index in [2.05, 4.69) is 24.1 Å². The molecule has 6 nitrogen and oxygen atoms in total. The van der Waals surface area contributed by atoms with E-state index in [1.54, 1.807) is 0 Å². The van der Waals surface area contributed by atoms with E-state index in [0.29, 0.717) is 30.8 Å². The highest BCUT2D eigenvalue weighted by atomic mass is 16.5. The first-order chi connectivity index (χ1) is 15.1. The summed E-state index contributed by atoms with van der Waals surface area (Å²) in [5.74, 6) is -0.0917. The molecule has 6 heteroatoms. The van der Waals surface area contributed by atoms with Crippen molar-refractivity contribution in [1.29, 1.82) is 0 Å². The smallest absolute Gasteiger partial charge is 0.255 e. The molecule has 5 rings (SSSR count). The maximum Gasteiger partial charge on any atom is 0.255 e. The largest absolute Gasteiger partial charge is 0.376 e. The molecule has 3 aliphatic heterocycles. The van der Waals surface area contributed by atoms with Gasteiger partial charge in [0.2, 0.25) is 0 Å². The highest BCUT2D eigenvalue weighted by molar-refractivity contribution is 6.09. The molecule has 2 aromatic carbocycles. The van der Waals surface area contributed by atoms with Crippen LogP contribution >= 0.6 is 0 Å². The maximum absolute atomic E-state index is 13.8. The molecule has 3 heterocycles. The normalized spacial score (nSPS) is 24.0. The SMILES string of the molecule is CN1CCN(C(=O)c2cccc3c2C(=O)N(C[C@H]2CCCO2)C3)[C@H](c2ccccc2)C1. The van der Waals surface area contributed by atoms with Crippen molar-refractivity contribution in [3.63, 3.8) is 0 Å². The Morgan fingerprint density at radius 2 is 1.94 bits per heavy atom. The van der Waals surface area contributed by atoms with Crippen LogP contribution in [-0.4, -0.2) is 72.5 Å². The zero-order valence-electron chi connectivity index (χ0n) is 18.0. The molecule has 2 amide bonds. The lowest BCUT2D eigenvalue weighted by Gasteiger charge is -2.40. The Morgan fingerprint density at radius 3 is 2.71 bits per heavy atom. The Balaban J connectivity index is 1.43. The van der Waals surface area contributed by atoms with Gasteiger partial charge in [0.15, 0.2) is 0 Å². The Hall–Kier alpha value is -2.70. The lowest BCUT2D eigenvalue weighted by molar-refractivity contribution is 0.0486. The number of benzene rings is 2. The minimum absolute atomic E-state index is 0.0252. The quantitative estimate of drug-likeness (QED) is 0.765. The van der Waals surface area contributed by atoms with E-state index < -0.39 is 0 Å². The summed E-state index contributed by atoms with van der Waals surface area (Å²) < 4.78 is 5.73. The molecule has 0 unspecified atom stereocenters. The molecule has 0 radical (unpaired) electrons. The van der Waals surface area contributed by atoms with Crippen LogP contribution in [0.25, 0.3) is 0 Å². The van der Waals surface area contributed by atoms with Crippen molar-refractivity contribution in [2.24, 2.45) is 0 Å². The highest BCUT2D eigenvalue weighted by Crippen LogP contribution is 2.32. The van der Waals surface area contributed by atoms with Gasteiger partial charge in [0, 0.05) is 39.3 Å². The topological polar surface area (TPSA) is 53.1 Å². The summed E-state index contributed by atoms with van der Waals surface area (Å²) in [6.07, 6.45) is 2.15. The van der Waals surface area contributed by atoms with Gasteiger partial charge in [0.1, 0.15) is 0 Å². The molecule has 2 aromatic rings. The van der Waals surface area contributed by atoms with Crippen LogP contribution in [0, 0.1) is 0 Å². The first kappa shape index (κ1) is 20.2. The zero-order chi connectivity index (χ0) is 21.4. The van der Waals surface area contributed by atoms with Gasteiger partial charge in [0.05, 0.1) is 23.3 Å². The lowest BCUT2D eigenvalue weighted by Crippen LogP contribution is -2.49. The molecular weight excluding hydrogens is 390 g/mol. The molecule has 0 aliphatic carbocycles. The molecule has 2 saturated heterocycles. The fourth-order valence-electron chi connectivity index (χ4n) is 5.06. The number of piperazine rings is 1. The molecule has 0 spiro atoms. The number of hydrogen-bond donors (Lipinski definition) is 0. The van der Waals surface area contributed by atoms with Crippen LogP contribution in [0.1, 0.15) is 50.7 Å². The van der Waals surface area contributed by atoms with Gasteiger partial charge in [-0.05, 0) is 37.1 Å². The van der Waals surface area contributed by atoms with Crippen LogP contribution < -0.4 is 0 Å². The third kappa shape index (κ3) is 3.86. The Labute approximate surface area is 183 Å². The van der Waals surface area contributed by atoms with E-state index >= 15 is 0 Å². The summed E-state index contributed by atoms with van der Waals surface area (Å²) >= 11 is 0. The first-order valence-corrected chi connectivity index (χ1v) is 11.2. The molecule has 0 bridgehead atoms. The third-order valence-corrected chi connectivity index (χ3v) is 6.72. The minimum atomic E-state index is -0.0499. The average Bonchev–Trinajstić information content (AvgIpc) is 3.42. The van der Waals surface area contributed by atoms with E-state index in [-0.39, 0.29) is 24.0 Å². The van der Waals surface area contributed by atoms with Gasteiger partial charge in [0.25, 0.3) is 11.8 Å². The minimum Gasteiger partial charge on any atom is -0.376 e. The van der Waals surface area contributed by atoms with Crippen molar-refractivity contribution in [2.75, 3.05) is 39.8 Å². The van der Waals surface area contributed by atoms with Crippen molar-refractivity contribution in [1.82, 2.24) is 14.7 Å². The molecule has 0 N–H and O–H groups in total. The van der Waals surface area contributed by atoms with E-state index in [0.717, 1.165) is 43.7 Å². The molecule has 162 valence electrons. The van der Waals surface area contributed by atoms with Crippen LogP contribution in [-0.2, 0) is 11.3 Å². The lowest BCUT2D eigenvalue weighted by atomic mass is 9.98. The first-order valence-electron chi connectivity index (χ1n) is 11.2. The summed E-state index contributed by atoms with van der Waals surface area (Å²) in [5.41, 5.74) is 3.18. The second-order valence-corrected chi connectivity index (χ2v) is 8.85. The number of fused-ring (bicyclic) bond motifs is 1. The number of ether oxygens (including phenoxy) is 1. The monoisotopic (exact) mass is 419 g/mol. The zero-order valence-corrected chi connectivity index (χ0v) is 18.0. The van der Waals surface area contributed by atoms with Crippen molar-refractivity contribution in [2.45, 2.75) is 31.5 Å². The molecule has 2 atom stereocenters. The van der Waals surface area contributed by atoms with E-state index in [9.17, 15) is 9.59 Å². The number of likely N-dealkylation sites (N-methyl/N-ethyl adjacent to an activating group) is 1. The van der Waals surface area contributed by atoms with Crippen LogP contribution in [0.5, 0.6) is 0 Å².